The summed E-state index contributed by atoms with van der Waals surface area (Å²) in [6.45, 7) is 21.1. The molecule has 0 N–H and O–H groups in total. The number of ether oxygens (including phenoxy) is 2. The molecule has 0 bridgehead atoms. The van der Waals surface area contributed by atoms with E-state index in [0.29, 0.717) is 0 Å². The third kappa shape index (κ3) is 8.03. The Bertz CT molecular complexity index is 4190. The maximum atomic E-state index is 7.36. The lowest BCUT2D eigenvalue weighted by atomic mass is 9.32. The summed E-state index contributed by atoms with van der Waals surface area (Å²) in [5, 5.41) is 0. The van der Waals surface area contributed by atoms with Crippen LogP contribution < -0.4 is 35.7 Å². The molecule has 5 heteroatoms. The molecule has 4 nitrogen and oxygen atoms in total. The molecule has 0 aromatic heterocycles. The van der Waals surface area contributed by atoms with Gasteiger partial charge in [-0.25, -0.2) is 0 Å². The number of hydrogen-bond donors (Lipinski definition) is 0. The van der Waals surface area contributed by atoms with E-state index in [4.69, 9.17) is 9.47 Å². The maximum absolute atomic E-state index is 7.36. The number of rotatable bonds is 2. The Hall–Kier alpha value is -9.32. The minimum atomic E-state index is -0.290. The summed E-state index contributed by atoms with van der Waals surface area (Å²) in [7, 11) is 0. The van der Waals surface area contributed by atoms with Gasteiger partial charge in [0.2, 0.25) is 0 Å². The number of anilines is 6. The van der Waals surface area contributed by atoms with Crippen molar-refractivity contribution in [3.8, 4) is 89.8 Å². The van der Waals surface area contributed by atoms with Crippen LogP contribution in [-0.4, -0.2) is 6.71 Å². The van der Waals surface area contributed by atoms with E-state index in [1.807, 2.05) is 0 Å². The van der Waals surface area contributed by atoms with Crippen LogP contribution in [-0.2, 0) is 16.2 Å². The van der Waals surface area contributed by atoms with E-state index in [2.05, 4.69) is 303 Å². The second-order valence-corrected chi connectivity index (χ2v) is 26.0. The van der Waals surface area contributed by atoms with Crippen LogP contribution in [0.25, 0.3) is 66.8 Å². The maximum Gasteiger partial charge on any atom is 0.252 e. The topological polar surface area (TPSA) is 24.9 Å². The van der Waals surface area contributed by atoms with Gasteiger partial charge in [-0.1, -0.05) is 244 Å². The Labute approximate surface area is 489 Å². The monoisotopic (exact) mass is 1070 g/mol. The van der Waals surface area contributed by atoms with Gasteiger partial charge in [0.15, 0.2) is 0 Å². The molecular weight excluding hydrogens is 1010 g/mol. The molecule has 0 aliphatic carbocycles. The Balaban J connectivity index is 1.22. The first kappa shape index (κ1) is 50.6. The third-order valence-corrected chi connectivity index (χ3v) is 17.6. The highest BCUT2D eigenvalue weighted by Crippen LogP contribution is 2.59. The first-order valence-electron chi connectivity index (χ1n) is 29.4. The fourth-order valence-corrected chi connectivity index (χ4v) is 13.7. The first-order valence-corrected chi connectivity index (χ1v) is 29.4. The molecule has 11 aromatic rings. The van der Waals surface area contributed by atoms with Gasteiger partial charge in [0, 0.05) is 67.3 Å². The molecule has 0 spiro atoms. The molecular formula is C78H65BN2O2. The molecule has 0 saturated carbocycles. The summed E-state index contributed by atoms with van der Waals surface area (Å²) in [6.07, 6.45) is 0. The van der Waals surface area contributed by atoms with Crippen molar-refractivity contribution in [2.75, 3.05) is 9.80 Å². The Kier molecular flexibility index (Phi) is 11.3. The molecule has 4 aliphatic heterocycles. The second kappa shape index (κ2) is 18.6. The average molecular weight is 1070 g/mol. The molecule has 83 heavy (non-hydrogen) atoms. The minimum absolute atomic E-state index is 0.279. The van der Waals surface area contributed by atoms with Crippen molar-refractivity contribution in [3.63, 3.8) is 0 Å². The molecule has 0 fully saturated rings. The van der Waals surface area contributed by atoms with E-state index in [0.717, 1.165) is 113 Å². The van der Waals surface area contributed by atoms with Gasteiger partial charge in [0.25, 0.3) is 6.71 Å². The summed E-state index contributed by atoms with van der Waals surface area (Å²) in [5.41, 5.74) is 26.7. The van der Waals surface area contributed by atoms with E-state index in [-0.39, 0.29) is 23.0 Å². The molecule has 0 radical (unpaired) electrons. The van der Waals surface area contributed by atoms with Crippen molar-refractivity contribution in [1.82, 2.24) is 0 Å². The fourth-order valence-electron chi connectivity index (χ4n) is 13.7. The van der Waals surface area contributed by atoms with Crippen LogP contribution in [0.3, 0.4) is 0 Å². The highest BCUT2D eigenvalue weighted by atomic mass is 16.5. The van der Waals surface area contributed by atoms with Crippen LogP contribution in [0.1, 0.15) is 79.0 Å². The van der Waals surface area contributed by atoms with Gasteiger partial charge in [0.05, 0.1) is 11.4 Å². The minimum Gasteiger partial charge on any atom is -0.456 e. The van der Waals surface area contributed by atoms with Crippen molar-refractivity contribution < 1.29 is 9.47 Å². The molecule has 4 aliphatic rings. The Morgan fingerprint density at radius 2 is 0.627 bits per heavy atom. The predicted octanol–water partition coefficient (Wildman–Crippen LogP) is 19.9. The average Bonchev–Trinajstić information content (AvgIpc) is 0.950. The molecule has 15 rings (SSSR count). The number of para-hydroxylation sites is 6. The van der Waals surface area contributed by atoms with E-state index < -0.39 is 0 Å². The lowest BCUT2D eigenvalue weighted by Gasteiger charge is -2.48. The number of fused-ring (bicyclic) bond motifs is 16. The largest absolute Gasteiger partial charge is 0.456 e. The third-order valence-electron chi connectivity index (χ3n) is 17.6. The Morgan fingerprint density at radius 3 is 0.988 bits per heavy atom. The van der Waals surface area contributed by atoms with Gasteiger partial charge in [-0.05, 0) is 120 Å². The van der Waals surface area contributed by atoms with Gasteiger partial charge in [0.1, 0.15) is 23.0 Å². The van der Waals surface area contributed by atoms with E-state index in [9.17, 15) is 0 Å². The van der Waals surface area contributed by atoms with Crippen LogP contribution in [0.2, 0.25) is 0 Å². The quantitative estimate of drug-likeness (QED) is 0.161. The number of benzene rings is 11. The van der Waals surface area contributed by atoms with Crippen molar-refractivity contribution in [1.29, 1.82) is 0 Å². The fraction of sp³-hybridized carbons (Fsp3) is 0.154. The van der Waals surface area contributed by atoms with Gasteiger partial charge < -0.3 is 19.3 Å². The van der Waals surface area contributed by atoms with Crippen molar-refractivity contribution in [3.05, 3.63) is 247 Å². The number of nitrogens with zero attached hydrogens (tertiary/aromatic N) is 2. The summed E-state index contributed by atoms with van der Waals surface area (Å²) < 4.78 is 14.7. The SMILES string of the molecule is CC(C)(C)c1cc2c3c(c1)N1c4c(cc(-c5ccccc5)cc4-c4ccccc4Oc4ccccc4-c4cccc(C(C)(C)C)c41)B3c1cc(-c3ccccc3)cc3c1N2c1c(cccc1C(C)(C)C)-c1ccccc1Oc1ccccc1-3. The van der Waals surface area contributed by atoms with Gasteiger partial charge in [-0.2, -0.15) is 0 Å². The van der Waals surface area contributed by atoms with E-state index in [1.165, 1.54) is 44.5 Å². The molecule has 4 heterocycles. The van der Waals surface area contributed by atoms with E-state index in [1.54, 1.807) is 0 Å². The summed E-state index contributed by atoms with van der Waals surface area (Å²) in [4.78, 5) is 5.45. The smallest absolute Gasteiger partial charge is 0.252 e. The summed E-state index contributed by atoms with van der Waals surface area (Å²) in [6, 6.07) is 85.6. The normalized spacial score (nSPS) is 13.5. The summed E-state index contributed by atoms with van der Waals surface area (Å²) >= 11 is 0. The second-order valence-electron chi connectivity index (χ2n) is 26.0. The predicted molar refractivity (Wildman–Crippen MR) is 349 cm³/mol. The molecule has 402 valence electrons. The highest BCUT2D eigenvalue weighted by molar-refractivity contribution is 7.00. The molecule has 0 saturated heterocycles. The van der Waals surface area contributed by atoms with Gasteiger partial charge in [-0.3, -0.25) is 0 Å². The molecule has 0 unspecified atom stereocenters. The number of hydrogen-bond acceptors (Lipinski definition) is 4. The molecule has 0 atom stereocenters. The van der Waals surface area contributed by atoms with Crippen LogP contribution in [0.15, 0.2) is 231 Å². The van der Waals surface area contributed by atoms with Crippen molar-refractivity contribution >= 4 is 57.2 Å². The van der Waals surface area contributed by atoms with E-state index >= 15 is 0 Å². The molecule has 0 amide bonds. The van der Waals surface area contributed by atoms with Crippen LogP contribution in [0.5, 0.6) is 23.0 Å². The lowest BCUT2D eigenvalue weighted by molar-refractivity contribution is 0.486. The van der Waals surface area contributed by atoms with Gasteiger partial charge >= 0.3 is 0 Å². The first-order chi connectivity index (χ1) is 40.1. The highest BCUT2D eigenvalue weighted by Gasteiger charge is 2.49. The van der Waals surface area contributed by atoms with Crippen LogP contribution in [0.4, 0.5) is 34.1 Å². The van der Waals surface area contributed by atoms with Crippen molar-refractivity contribution in [2.24, 2.45) is 0 Å². The van der Waals surface area contributed by atoms with Crippen LogP contribution in [0, 0.1) is 0 Å². The zero-order valence-electron chi connectivity index (χ0n) is 48.7. The van der Waals surface area contributed by atoms with Gasteiger partial charge in [-0.15, -0.1) is 0 Å². The molecule has 11 aromatic carbocycles. The zero-order chi connectivity index (χ0) is 56.7. The standard InChI is InChI=1S/C78H65BN2O2/c1-76(2,3)52-46-65-71-66(47-52)81-73-58(35-25-37-62(73)78(7,8)9)54-31-17-21-39-68(54)83-70-41-23-19-33-56(70)60-43-51(49-28-14-11-15-29-49)45-64(75(60)81)79(71)63-44-50(48-26-12-10-13-27-48)42-59-55-32-18-22-40-69(55)82-67-38-20-16-30-53(67)57-34-24-36-61(77(4,5)6)72(57)80(65)74(59)63/h10-47H,1-9H3. The lowest BCUT2D eigenvalue weighted by Crippen LogP contribution is -2.62. The van der Waals surface area contributed by atoms with Crippen molar-refractivity contribution in [2.45, 2.75) is 78.6 Å². The zero-order valence-corrected chi connectivity index (χ0v) is 48.7. The Morgan fingerprint density at radius 1 is 0.289 bits per heavy atom. The summed E-state index contributed by atoms with van der Waals surface area (Å²) in [5.74, 6) is 3.24. The van der Waals surface area contributed by atoms with Crippen LogP contribution >= 0.6 is 0 Å².